The Balaban J connectivity index is 1.70. The molecule has 2 amide bonds. The van der Waals surface area contributed by atoms with Crippen LogP contribution in [0.3, 0.4) is 0 Å². The molecular weight excluding hydrogens is 362 g/mol. The first-order valence-corrected chi connectivity index (χ1v) is 8.58. The lowest BCUT2D eigenvalue weighted by molar-refractivity contribution is 0.101. The van der Waals surface area contributed by atoms with Gasteiger partial charge in [0.05, 0.1) is 5.69 Å². The van der Waals surface area contributed by atoms with Crippen molar-refractivity contribution >= 4 is 23.2 Å². The monoisotopic (exact) mass is 380 g/mol. The van der Waals surface area contributed by atoms with Crippen LogP contribution < -0.4 is 10.6 Å². The summed E-state index contributed by atoms with van der Waals surface area (Å²) in [5, 5.41) is 5.20. The quantitative estimate of drug-likeness (QED) is 0.663. The second-order valence-electron chi connectivity index (χ2n) is 6.43. The number of carbonyl (C=O) groups excluding carboxylic acids is 2. The predicted octanol–water partition coefficient (Wildman–Crippen LogP) is 5.09. The number of nitrogens with one attached hydrogen (secondary N) is 2. The summed E-state index contributed by atoms with van der Waals surface area (Å²) < 4.78 is 26.6. The number of carbonyl (C=O) groups is 2. The normalized spacial score (nSPS) is 10.4. The van der Waals surface area contributed by atoms with Crippen molar-refractivity contribution in [2.75, 3.05) is 10.6 Å². The molecule has 0 saturated carbocycles. The number of halogens is 2. The Bertz CT molecular complexity index is 962. The first-order chi connectivity index (χ1) is 13.3. The van der Waals surface area contributed by atoms with E-state index in [2.05, 4.69) is 10.6 Å². The zero-order chi connectivity index (χ0) is 20.3. The molecule has 0 aromatic heterocycles. The van der Waals surface area contributed by atoms with E-state index in [1.165, 1.54) is 24.3 Å². The van der Waals surface area contributed by atoms with Gasteiger partial charge in [-0.1, -0.05) is 17.7 Å². The van der Waals surface area contributed by atoms with Crippen LogP contribution in [0.5, 0.6) is 0 Å². The van der Waals surface area contributed by atoms with E-state index < -0.39 is 17.5 Å². The smallest absolute Gasteiger partial charge is 0.255 e. The van der Waals surface area contributed by atoms with Crippen LogP contribution in [0.1, 0.15) is 31.8 Å². The highest BCUT2D eigenvalue weighted by molar-refractivity contribution is 6.07. The summed E-state index contributed by atoms with van der Waals surface area (Å²) in [6.45, 7) is 3.88. The number of rotatable bonds is 4. The fraction of sp³-hybridized carbons (Fsp3) is 0.0909. The van der Waals surface area contributed by atoms with Crippen molar-refractivity contribution in [3.8, 4) is 0 Å². The Hall–Kier alpha value is -3.54. The van der Waals surface area contributed by atoms with Crippen LogP contribution in [-0.4, -0.2) is 11.8 Å². The molecule has 3 aromatic carbocycles. The summed E-state index contributed by atoms with van der Waals surface area (Å²) in [6.07, 6.45) is 0. The summed E-state index contributed by atoms with van der Waals surface area (Å²) in [4.78, 5) is 24.6. The topological polar surface area (TPSA) is 58.2 Å². The number of aryl methyl sites for hydroxylation is 2. The molecule has 2 N–H and O–H groups in total. The van der Waals surface area contributed by atoms with E-state index in [-0.39, 0.29) is 17.2 Å². The fourth-order valence-corrected chi connectivity index (χ4v) is 2.71. The first kappa shape index (κ1) is 19.2. The largest absolute Gasteiger partial charge is 0.322 e. The molecule has 0 aliphatic rings. The van der Waals surface area contributed by atoms with Crippen molar-refractivity contribution in [1.82, 2.24) is 0 Å². The van der Waals surface area contributed by atoms with Crippen LogP contribution in [0, 0.1) is 25.5 Å². The zero-order valence-electron chi connectivity index (χ0n) is 15.3. The molecular formula is C22H18F2N2O2. The molecule has 142 valence electrons. The molecule has 0 fully saturated rings. The van der Waals surface area contributed by atoms with Crippen LogP contribution in [0.25, 0.3) is 0 Å². The third-order valence-corrected chi connectivity index (χ3v) is 4.22. The minimum absolute atomic E-state index is 0.122. The summed E-state index contributed by atoms with van der Waals surface area (Å²) in [7, 11) is 0. The van der Waals surface area contributed by atoms with E-state index in [1.807, 2.05) is 32.0 Å². The van der Waals surface area contributed by atoms with Crippen molar-refractivity contribution in [2.24, 2.45) is 0 Å². The molecule has 0 bridgehead atoms. The van der Waals surface area contributed by atoms with E-state index in [4.69, 9.17) is 0 Å². The summed E-state index contributed by atoms with van der Waals surface area (Å²) in [5.74, 6) is -2.46. The molecule has 3 rings (SSSR count). The number of benzene rings is 3. The van der Waals surface area contributed by atoms with Gasteiger partial charge in [-0.25, -0.2) is 8.78 Å². The van der Waals surface area contributed by atoms with E-state index in [1.54, 1.807) is 0 Å². The third-order valence-electron chi connectivity index (χ3n) is 4.22. The molecule has 4 nitrogen and oxygen atoms in total. The predicted molar refractivity (Wildman–Crippen MR) is 105 cm³/mol. The molecule has 0 saturated heterocycles. The number of hydrogen-bond acceptors (Lipinski definition) is 2. The van der Waals surface area contributed by atoms with Gasteiger partial charge in [0, 0.05) is 22.9 Å². The van der Waals surface area contributed by atoms with Crippen molar-refractivity contribution < 1.29 is 18.4 Å². The van der Waals surface area contributed by atoms with Gasteiger partial charge < -0.3 is 10.6 Å². The van der Waals surface area contributed by atoms with Gasteiger partial charge in [-0.05, 0) is 61.9 Å². The highest BCUT2D eigenvalue weighted by Crippen LogP contribution is 2.18. The van der Waals surface area contributed by atoms with Gasteiger partial charge in [-0.2, -0.15) is 0 Å². The average Bonchev–Trinajstić information content (AvgIpc) is 2.66. The molecule has 0 aliphatic heterocycles. The van der Waals surface area contributed by atoms with Gasteiger partial charge in [0.25, 0.3) is 11.8 Å². The first-order valence-electron chi connectivity index (χ1n) is 8.58. The minimum Gasteiger partial charge on any atom is -0.322 e. The van der Waals surface area contributed by atoms with Crippen LogP contribution in [0.15, 0.2) is 60.7 Å². The number of amides is 2. The Morgan fingerprint density at radius 1 is 0.714 bits per heavy atom. The Kier molecular flexibility index (Phi) is 5.49. The van der Waals surface area contributed by atoms with Crippen LogP contribution in [0.4, 0.5) is 20.2 Å². The highest BCUT2D eigenvalue weighted by atomic mass is 19.1. The standard InChI is InChI=1S/C22H18F2N2O2/c1-13-3-9-19(14(2)11-13)25-21(27)15-4-6-16(7-5-15)22(28)26-20-10-8-17(23)12-18(20)24/h3-12H,1-2H3,(H,25,27)(H,26,28). The van der Waals surface area contributed by atoms with Crippen LogP contribution >= 0.6 is 0 Å². The summed E-state index contributed by atoms with van der Waals surface area (Å²) in [6, 6.07) is 14.6. The molecule has 6 heteroatoms. The Morgan fingerprint density at radius 2 is 1.25 bits per heavy atom. The van der Waals surface area contributed by atoms with E-state index in [0.717, 1.165) is 23.3 Å². The van der Waals surface area contributed by atoms with E-state index in [9.17, 15) is 18.4 Å². The molecule has 0 radical (unpaired) electrons. The van der Waals surface area contributed by atoms with Gasteiger partial charge in [0.15, 0.2) is 0 Å². The molecule has 28 heavy (non-hydrogen) atoms. The lowest BCUT2D eigenvalue weighted by atomic mass is 10.1. The van der Waals surface area contributed by atoms with Crippen molar-refractivity contribution in [1.29, 1.82) is 0 Å². The molecule has 3 aromatic rings. The summed E-state index contributed by atoms with van der Waals surface area (Å²) in [5.41, 5.74) is 3.26. The van der Waals surface area contributed by atoms with Gasteiger partial charge in [-0.3, -0.25) is 9.59 Å². The lowest BCUT2D eigenvalue weighted by Crippen LogP contribution is -2.15. The van der Waals surface area contributed by atoms with Gasteiger partial charge in [0.1, 0.15) is 11.6 Å². The fourth-order valence-electron chi connectivity index (χ4n) is 2.71. The van der Waals surface area contributed by atoms with Crippen LogP contribution in [0.2, 0.25) is 0 Å². The maximum atomic E-state index is 13.7. The second-order valence-corrected chi connectivity index (χ2v) is 6.43. The molecule has 0 spiro atoms. The molecule has 0 atom stereocenters. The zero-order valence-corrected chi connectivity index (χ0v) is 15.3. The maximum absolute atomic E-state index is 13.7. The second kappa shape index (κ2) is 8.00. The average molecular weight is 380 g/mol. The number of anilines is 2. The van der Waals surface area contributed by atoms with E-state index >= 15 is 0 Å². The minimum atomic E-state index is -0.863. The van der Waals surface area contributed by atoms with Crippen molar-refractivity contribution in [3.63, 3.8) is 0 Å². The highest BCUT2D eigenvalue weighted by Gasteiger charge is 2.12. The molecule has 0 aliphatic carbocycles. The van der Waals surface area contributed by atoms with Gasteiger partial charge in [-0.15, -0.1) is 0 Å². The number of hydrogen-bond donors (Lipinski definition) is 2. The van der Waals surface area contributed by atoms with Crippen LogP contribution in [-0.2, 0) is 0 Å². The van der Waals surface area contributed by atoms with Crippen molar-refractivity contribution in [2.45, 2.75) is 13.8 Å². The SMILES string of the molecule is Cc1ccc(NC(=O)c2ccc(C(=O)Nc3ccc(F)cc3F)cc2)c(C)c1. The lowest BCUT2D eigenvalue weighted by Gasteiger charge is -2.10. The van der Waals surface area contributed by atoms with Gasteiger partial charge >= 0.3 is 0 Å². The summed E-state index contributed by atoms with van der Waals surface area (Å²) >= 11 is 0. The molecule has 0 unspecified atom stereocenters. The Morgan fingerprint density at radius 3 is 1.79 bits per heavy atom. The van der Waals surface area contributed by atoms with E-state index in [0.29, 0.717) is 17.3 Å². The third kappa shape index (κ3) is 4.40. The van der Waals surface area contributed by atoms with Gasteiger partial charge in [0.2, 0.25) is 0 Å². The maximum Gasteiger partial charge on any atom is 0.255 e. The molecule has 0 heterocycles. The Labute approximate surface area is 161 Å². The van der Waals surface area contributed by atoms with Crippen molar-refractivity contribution in [3.05, 3.63) is 94.6 Å².